The summed E-state index contributed by atoms with van der Waals surface area (Å²) in [5, 5.41) is 16.5. The Hall–Kier alpha value is -1.66. The smallest absolute Gasteiger partial charge is 0.273 e. The number of carbonyl (C=O) groups excluding carboxylic acids is 1. The fourth-order valence-electron chi connectivity index (χ4n) is 1.57. The van der Waals surface area contributed by atoms with Gasteiger partial charge in [0, 0.05) is 18.2 Å². The van der Waals surface area contributed by atoms with Gasteiger partial charge in [-0.3, -0.25) is 14.9 Å². The minimum absolute atomic E-state index is 0. The van der Waals surface area contributed by atoms with Crippen molar-refractivity contribution < 1.29 is 9.72 Å². The van der Waals surface area contributed by atoms with Gasteiger partial charge in [0.05, 0.1) is 11.3 Å². The van der Waals surface area contributed by atoms with Crippen LogP contribution < -0.4 is 10.6 Å². The van der Waals surface area contributed by atoms with Crippen molar-refractivity contribution in [2.45, 2.75) is 12.8 Å². The molecule has 0 unspecified atom stereocenters. The zero-order valence-corrected chi connectivity index (χ0v) is 11.5. The maximum atomic E-state index is 11.6. The van der Waals surface area contributed by atoms with Gasteiger partial charge in [0.15, 0.2) is 0 Å². The van der Waals surface area contributed by atoms with Crippen LogP contribution in [0.4, 0.5) is 5.69 Å². The summed E-state index contributed by atoms with van der Waals surface area (Å²) in [5.41, 5.74) is 0.427. The second-order valence-corrected chi connectivity index (χ2v) is 3.87. The molecular formula is C12H18ClN3O3. The van der Waals surface area contributed by atoms with Crippen LogP contribution in [0.15, 0.2) is 24.3 Å². The predicted molar refractivity (Wildman–Crippen MR) is 75.6 cm³/mol. The number of nitro benzene ring substituents is 1. The van der Waals surface area contributed by atoms with Gasteiger partial charge in [0.25, 0.3) is 5.69 Å². The SMILES string of the molecule is CNCCCNC(=O)Cc1ccccc1[N+](=O)[O-].Cl. The van der Waals surface area contributed by atoms with Crippen molar-refractivity contribution in [1.29, 1.82) is 0 Å². The van der Waals surface area contributed by atoms with Crippen LogP contribution in [0.2, 0.25) is 0 Å². The van der Waals surface area contributed by atoms with E-state index in [1.165, 1.54) is 6.07 Å². The molecule has 1 aromatic rings. The van der Waals surface area contributed by atoms with Gasteiger partial charge in [-0.15, -0.1) is 12.4 Å². The van der Waals surface area contributed by atoms with Crippen molar-refractivity contribution in [3.05, 3.63) is 39.9 Å². The van der Waals surface area contributed by atoms with Gasteiger partial charge in [-0.25, -0.2) is 0 Å². The van der Waals surface area contributed by atoms with Crippen LogP contribution in [-0.2, 0) is 11.2 Å². The highest BCUT2D eigenvalue weighted by Gasteiger charge is 2.14. The van der Waals surface area contributed by atoms with Gasteiger partial charge < -0.3 is 10.6 Å². The minimum Gasteiger partial charge on any atom is -0.356 e. The minimum atomic E-state index is -0.469. The lowest BCUT2D eigenvalue weighted by Gasteiger charge is -2.05. The molecule has 0 saturated heterocycles. The van der Waals surface area contributed by atoms with E-state index in [1.54, 1.807) is 18.2 Å². The molecule has 19 heavy (non-hydrogen) atoms. The van der Waals surface area contributed by atoms with E-state index in [-0.39, 0.29) is 30.4 Å². The first kappa shape index (κ1) is 17.3. The average molecular weight is 288 g/mol. The maximum Gasteiger partial charge on any atom is 0.273 e. The fraction of sp³-hybridized carbons (Fsp3) is 0.417. The van der Waals surface area contributed by atoms with E-state index in [0.717, 1.165) is 13.0 Å². The van der Waals surface area contributed by atoms with Gasteiger partial charge in [-0.2, -0.15) is 0 Å². The predicted octanol–water partition coefficient (Wildman–Crippen LogP) is 1.28. The Morgan fingerprint density at radius 3 is 2.63 bits per heavy atom. The van der Waals surface area contributed by atoms with E-state index < -0.39 is 4.92 Å². The third kappa shape index (κ3) is 6.17. The summed E-state index contributed by atoms with van der Waals surface area (Å²) < 4.78 is 0. The van der Waals surface area contributed by atoms with Crippen LogP contribution in [0.5, 0.6) is 0 Å². The highest BCUT2D eigenvalue weighted by atomic mass is 35.5. The Balaban J connectivity index is 0.00000324. The summed E-state index contributed by atoms with van der Waals surface area (Å²) in [7, 11) is 1.84. The maximum absolute atomic E-state index is 11.6. The lowest BCUT2D eigenvalue weighted by molar-refractivity contribution is -0.385. The molecule has 106 valence electrons. The summed E-state index contributed by atoms with van der Waals surface area (Å²) in [5.74, 6) is -0.194. The first-order valence-corrected chi connectivity index (χ1v) is 5.78. The second kappa shape index (κ2) is 9.29. The number of hydrogen-bond acceptors (Lipinski definition) is 4. The molecule has 0 aromatic heterocycles. The molecule has 7 heteroatoms. The molecule has 0 aliphatic rings. The van der Waals surface area contributed by atoms with E-state index >= 15 is 0 Å². The first-order chi connectivity index (χ1) is 8.65. The lowest BCUT2D eigenvalue weighted by atomic mass is 10.1. The highest BCUT2D eigenvalue weighted by molar-refractivity contribution is 5.85. The van der Waals surface area contributed by atoms with Crippen molar-refractivity contribution in [1.82, 2.24) is 10.6 Å². The van der Waals surface area contributed by atoms with Crippen LogP contribution >= 0.6 is 12.4 Å². The molecule has 0 heterocycles. The van der Waals surface area contributed by atoms with Crippen molar-refractivity contribution in [3.63, 3.8) is 0 Å². The molecule has 1 rings (SSSR count). The monoisotopic (exact) mass is 287 g/mol. The number of rotatable bonds is 7. The van der Waals surface area contributed by atoms with Crippen LogP contribution in [0, 0.1) is 10.1 Å². The Morgan fingerprint density at radius 2 is 2.00 bits per heavy atom. The molecule has 1 aromatic carbocycles. The number of halogens is 1. The van der Waals surface area contributed by atoms with E-state index in [2.05, 4.69) is 10.6 Å². The van der Waals surface area contributed by atoms with Crippen LogP contribution in [0.1, 0.15) is 12.0 Å². The summed E-state index contributed by atoms with van der Waals surface area (Å²) in [6.45, 7) is 1.39. The van der Waals surface area contributed by atoms with Crippen molar-refractivity contribution in [3.8, 4) is 0 Å². The molecule has 0 radical (unpaired) electrons. The molecule has 0 fully saturated rings. The molecule has 0 atom stereocenters. The van der Waals surface area contributed by atoms with Crippen molar-refractivity contribution in [2.75, 3.05) is 20.1 Å². The summed E-state index contributed by atoms with van der Waals surface area (Å²) >= 11 is 0. The van der Waals surface area contributed by atoms with Gasteiger partial charge >= 0.3 is 0 Å². The van der Waals surface area contributed by atoms with Crippen LogP contribution in [0.3, 0.4) is 0 Å². The number of carbonyl (C=O) groups is 1. The van der Waals surface area contributed by atoms with Gasteiger partial charge in [0.1, 0.15) is 0 Å². The van der Waals surface area contributed by atoms with Gasteiger partial charge in [-0.05, 0) is 20.0 Å². The van der Waals surface area contributed by atoms with E-state index in [1.807, 2.05) is 7.05 Å². The quantitative estimate of drug-likeness (QED) is 0.449. The molecule has 6 nitrogen and oxygen atoms in total. The Bertz CT molecular complexity index is 426. The third-order valence-electron chi connectivity index (χ3n) is 2.47. The summed E-state index contributed by atoms with van der Waals surface area (Å²) in [4.78, 5) is 21.9. The largest absolute Gasteiger partial charge is 0.356 e. The number of nitrogens with zero attached hydrogens (tertiary/aromatic N) is 1. The average Bonchev–Trinajstić information content (AvgIpc) is 2.35. The molecule has 1 amide bonds. The van der Waals surface area contributed by atoms with E-state index in [4.69, 9.17) is 0 Å². The molecular weight excluding hydrogens is 270 g/mol. The molecule has 0 spiro atoms. The normalized spacial score (nSPS) is 9.53. The highest BCUT2D eigenvalue weighted by Crippen LogP contribution is 2.17. The fourth-order valence-corrected chi connectivity index (χ4v) is 1.57. The van der Waals surface area contributed by atoms with Gasteiger partial charge in [0.2, 0.25) is 5.91 Å². The van der Waals surface area contributed by atoms with Crippen LogP contribution in [-0.4, -0.2) is 31.0 Å². The number of amides is 1. The van der Waals surface area contributed by atoms with Gasteiger partial charge in [-0.1, -0.05) is 18.2 Å². The zero-order chi connectivity index (χ0) is 13.4. The van der Waals surface area contributed by atoms with Crippen LogP contribution in [0.25, 0.3) is 0 Å². The lowest BCUT2D eigenvalue weighted by Crippen LogP contribution is -2.28. The Labute approximate surface area is 118 Å². The number of benzene rings is 1. The Morgan fingerprint density at radius 1 is 1.32 bits per heavy atom. The number of para-hydroxylation sites is 1. The summed E-state index contributed by atoms with van der Waals surface area (Å²) in [6.07, 6.45) is 0.871. The topological polar surface area (TPSA) is 84.3 Å². The van der Waals surface area contributed by atoms with Crippen molar-refractivity contribution >= 4 is 24.0 Å². The van der Waals surface area contributed by atoms with E-state index in [0.29, 0.717) is 12.1 Å². The zero-order valence-electron chi connectivity index (χ0n) is 10.7. The van der Waals surface area contributed by atoms with E-state index in [9.17, 15) is 14.9 Å². The summed E-state index contributed by atoms with van der Waals surface area (Å²) in [6, 6.07) is 6.29. The van der Waals surface area contributed by atoms with Crippen molar-refractivity contribution in [2.24, 2.45) is 0 Å². The number of nitrogens with one attached hydrogen (secondary N) is 2. The number of hydrogen-bond donors (Lipinski definition) is 2. The molecule has 0 bridgehead atoms. The number of nitro groups is 1. The molecule has 0 aliphatic heterocycles. The standard InChI is InChI=1S/C12H17N3O3.ClH/c1-13-7-4-8-14-12(16)9-10-5-2-3-6-11(10)15(17)18;/h2-3,5-6,13H,4,7-9H2,1H3,(H,14,16);1H. The molecule has 0 saturated carbocycles. The molecule has 0 aliphatic carbocycles. The molecule has 2 N–H and O–H groups in total. The first-order valence-electron chi connectivity index (χ1n) is 5.78. The Kier molecular flexibility index (Phi) is 8.48. The second-order valence-electron chi connectivity index (χ2n) is 3.87. The third-order valence-corrected chi connectivity index (χ3v) is 2.47.